The van der Waals surface area contributed by atoms with Crippen molar-refractivity contribution in [3.63, 3.8) is 0 Å². The summed E-state index contributed by atoms with van der Waals surface area (Å²) in [6.45, 7) is 18.9. The summed E-state index contributed by atoms with van der Waals surface area (Å²) in [5, 5.41) is 0. The standard InChI is InChI=1S/C21H18.C9H14.C4H10.CH4/c1-21(2)19-14-7-6-11-17(19)18-13-8-12-16(20(18)21)15-9-4-3-5-10-15;1-5-7-9(6-2)8(3)4;1-3-4-2;/h3-14H,1-2H3;5-7H,3H2,1-2,4H3;3-4H2,1-2H3;1H4/b;7-5-,9-6+;;. The topological polar surface area (TPSA) is 0 Å². The van der Waals surface area contributed by atoms with Gasteiger partial charge in [-0.15, -0.1) is 0 Å². The van der Waals surface area contributed by atoms with E-state index in [9.17, 15) is 0 Å². The lowest BCUT2D eigenvalue weighted by Crippen LogP contribution is -2.16. The van der Waals surface area contributed by atoms with Crippen LogP contribution in [0.25, 0.3) is 22.3 Å². The van der Waals surface area contributed by atoms with Gasteiger partial charge >= 0.3 is 0 Å². The lowest BCUT2D eigenvalue weighted by atomic mass is 9.79. The zero-order valence-corrected chi connectivity index (χ0v) is 22.3. The molecule has 0 saturated heterocycles. The third-order valence-corrected chi connectivity index (χ3v) is 6.31. The number of allylic oxidation sites excluding steroid dienone is 5. The van der Waals surface area contributed by atoms with E-state index in [1.54, 1.807) is 0 Å². The van der Waals surface area contributed by atoms with E-state index in [-0.39, 0.29) is 12.8 Å². The summed E-state index contributed by atoms with van der Waals surface area (Å²) in [5.74, 6) is 0. The van der Waals surface area contributed by atoms with Crippen LogP contribution in [0.4, 0.5) is 0 Å². The number of unbranched alkanes of at least 4 members (excludes halogenated alkanes) is 1. The van der Waals surface area contributed by atoms with E-state index in [0.717, 1.165) is 5.57 Å². The quantitative estimate of drug-likeness (QED) is 0.335. The smallest absolute Gasteiger partial charge is 0.0165 e. The molecule has 35 heavy (non-hydrogen) atoms. The molecule has 0 N–H and O–H groups in total. The fourth-order valence-electron chi connectivity index (χ4n) is 4.37. The molecule has 0 bridgehead atoms. The largest absolute Gasteiger partial charge is 0.0955 e. The second kappa shape index (κ2) is 14.3. The summed E-state index contributed by atoms with van der Waals surface area (Å²) in [7, 11) is 0. The molecule has 0 aromatic heterocycles. The molecule has 0 radical (unpaired) electrons. The molecule has 1 aliphatic rings. The Morgan fingerprint density at radius 3 is 1.83 bits per heavy atom. The Balaban J connectivity index is 0.000000371. The van der Waals surface area contributed by atoms with Crippen LogP contribution in [-0.4, -0.2) is 0 Å². The van der Waals surface area contributed by atoms with Crippen molar-refractivity contribution >= 4 is 0 Å². The van der Waals surface area contributed by atoms with Crippen molar-refractivity contribution in [1.29, 1.82) is 0 Å². The molecule has 0 unspecified atom stereocenters. The van der Waals surface area contributed by atoms with Gasteiger partial charge in [-0.25, -0.2) is 0 Å². The van der Waals surface area contributed by atoms with Crippen LogP contribution in [0, 0.1) is 0 Å². The first kappa shape index (κ1) is 29.9. The van der Waals surface area contributed by atoms with Gasteiger partial charge < -0.3 is 0 Å². The Hall–Kier alpha value is -3.12. The summed E-state index contributed by atoms with van der Waals surface area (Å²) < 4.78 is 0. The van der Waals surface area contributed by atoms with Crippen molar-refractivity contribution in [2.24, 2.45) is 0 Å². The van der Waals surface area contributed by atoms with Crippen LogP contribution >= 0.6 is 0 Å². The van der Waals surface area contributed by atoms with E-state index in [0.29, 0.717) is 0 Å². The van der Waals surface area contributed by atoms with Crippen LogP contribution in [0.1, 0.15) is 79.9 Å². The molecule has 0 spiro atoms. The van der Waals surface area contributed by atoms with Crippen LogP contribution in [0.3, 0.4) is 0 Å². The monoisotopic (exact) mass is 466 g/mol. The first-order valence-electron chi connectivity index (χ1n) is 12.6. The molecule has 0 aliphatic heterocycles. The molecule has 0 heteroatoms. The summed E-state index contributed by atoms with van der Waals surface area (Å²) in [6, 6.07) is 26.2. The lowest BCUT2D eigenvalue weighted by Gasteiger charge is -2.24. The minimum Gasteiger partial charge on any atom is -0.0955 e. The van der Waals surface area contributed by atoms with Crippen molar-refractivity contribution in [2.45, 2.75) is 74.1 Å². The van der Waals surface area contributed by atoms with Crippen LogP contribution in [0.2, 0.25) is 0 Å². The van der Waals surface area contributed by atoms with Gasteiger partial charge in [-0.2, -0.15) is 0 Å². The molecule has 0 atom stereocenters. The molecule has 0 heterocycles. The fraction of sp³-hybridized carbons (Fsp3) is 0.314. The molecule has 186 valence electrons. The van der Waals surface area contributed by atoms with Gasteiger partial charge in [-0.05, 0) is 59.7 Å². The van der Waals surface area contributed by atoms with Crippen molar-refractivity contribution < 1.29 is 0 Å². The van der Waals surface area contributed by atoms with Gasteiger partial charge in [0.25, 0.3) is 0 Å². The normalized spacial score (nSPS) is 12.8. The molecule has 0 amide bonds. The third-order valence-electron chi connectivity index (χ3n) is 6.31. The molecule has 0 saturated carbocycles. The summed E-state index contributed by atoms with van der Waals surface area (Å²) in [6.07, 6.45) is 8.77. The van der Waals surface area contributed by atoms with Crippen molar-refractivity contribution in [3.8, 4) is 22.3 Å². The predicted molar refractivity (Wildman–Crippen MR) is 160 cm³/mol. The van der Waals surface area contributed by atoms with Gasteiger partial charge in [0.1, 0.15) is 0 Å². The van der Waals surface area contributed by atoms with E-state index >= 15 is 0 Å². The fourth-order valence-corrected chi connectivity index (χ4v) is 4.37. The van der Waals surface area contributed by atoms with Crippen molar-refractivity contribution in [2.75, 3.05) is 0 Å². The highest BCUT2D eigenvalue weighted by molar-refractivity contribution is 5.88. The zero-order chi connectivity index (χ0) is 25.1. The number of rotatable bonds is 4. The highest BCUT2D eigenvalue weighted by Crippen LogP contribution is 2.51. The van der Waals surface area contributed by atoms with E-state index in [2.05, 4.69) is 119 Å². The Morgan fingerprint density at radius 1 is 0.771 bits per heavy atom. The Kier molecular flexibility index (Phi) is 12.2. The van der Waals surface area contributed by atoms with Gasteiger partial charge in [0.15, 0.2) is 0 Å². The van der Waals surface area contributed by atoms with E-state index in [1.807, 2.05) is 26.8 Å². The van der Waals surface area contributed by atoms with E-state index in [1.165, 1.54) is 51.8 Å². The molecule has 1 aliphatic carbocycles. The summed E-state index contributed by atoms with van der Waals surface area (Å²) >= 11 is 0. The van der Waals surface area contributed by atoms with Crippen LogP contribution in [0.15, 0.2) is 109 Å². The van der Waals surface area contributed by atoms with Gasteiger partial charge in [-0.3, -0.25) is 0 Å². The average molecular weight is 467 g/mol. The number of fused-ring (bicyclic) bond motifs is 3. The molecular formula is C35H46. The van der Waals surface area contributed by atoms with Gasteiger partial charge in [0.05, 0.1) is 0 Å². The molecule has 0 fully saturated rings. The van der Waals surface area contributed by atoms with Crippen LogP contribution < -0.4 is 0 Å². The molecule has 4 rings (SSSR count). The highest BCUT2D eigenvalue weighted by atomic mass is 14.4. The minimum atomic E-state index is 0. The van der Waals surface area contributed by atoms with Crippen molar-refractivity contribution in [1.82, 2.24) is 0 Å². The second-order valence-electron chi connectivity index (χ2n) is 9.29. The van der Waals surface area contributed by atoms with Crippen molar-refractivity contribution in [3.05, 3.63) is 120 Å². The van der Waals surface area contributed by atoms with Crippen LogP contribution in [0.5, 0.6) is 0 Å². The maximum atomic E-state index is 3.83. The Bertz CT molecular complexity index is 1120. The minimum absolute atomic E-state index is 0. The average Bonchev–Trinajstić information content (AvgIpc) is 3.10. The molecule has 3 aromatic carbocycles. The number of benzene rings is 3. The number of hydrogen-bond donors (Lipinski definition) is 0. The van der Waals surface area contributed by atoms with Gasteiger partial charge in [0, 0.05) is 5.41 Å². The lowest BCUT2D eigenvalue weighted by molar-refractivity contribution is 0.662. The Morgan fingerprint density at radius 2 is 1.31 bits per heavy atom. The highest BCUT2D eigenvalue weighted by Gasteiger charge is 2.36. The number of hydrogen-bond acceptors (Lipinski definition) is 0. The zero-order valence-electron chi connectivity index (χ0n) is 22.3. The summed E-state index contributed by atoms with van der Waals surface area (Å²) in [4.78, 5) is 0. The second-order valence-corrected chi connectivity index (χ2v) is 9.29. The van der Waals surface area contributed by atoms with E-state index < -0.39 is 0 Å². The molecular weight excluding hydrogens is 420 g/mol. The molecule has 0 nitrogen and oxygen atoms in total. The predicted octanol–water partition coefficient (Wildman–Crippen LogP) is 11.2. The van der Waals surface area contributed by atoms with E-state index in [4.69, 9.17) is 0 Å². The third kappa shape index (κ3) is 7.18. The maximum Gasteiger partial charge on any atom is 0.0165 e. The first-order valence-corrected chi connectivity index (χ1v) is 12.6. The maximum absolute atomic E-state index is 3.83. The Labute approximate surface area is 216 Å². The van der Waals surface area contributed by atoms with Crippen LogP contribution in [-0.2, 0) is 5.41 Å². The molecule has 3 aromatic rings. The van der Waals surface area contributed by atoms with Gasteiger partial charge in [-0.1, -0.05) is 151 Å². The summed E-state index contributed by atoms with van der Waals surface area (Å²) in [5.41, 5.74) is 10.7. The first-order chi connectivity index (χ1) is 16.3. The SMILES string of the molecule is C.C=C(C)C(/C=C\C)=C/C.CC1(C)c2ccccc2-c2cccc(-c3ccccc3)c21.CCCC. The van der Waals surface area contributed by atoms with Gasteiger partial charge in [0.2, 0.25) is 0 Å².